The quantitative estimate of drug-likeness (QED) is 0.887. The first-order chi connectivity index (χ1) is 9.17. The summed E-state index contributed by atoms with van der Waals surface area (Å²) < 4.78 is 31.5. The number of rotatable bonds is 5. The van der Waals surface area contributed by atoms with Crippen LogP contribution in [0.2, 0.25) is 0 Å². The Labute approximate surface area is 110 Å². The molecule has 0 fully saturated rings. The van der Waals surface area contributed by atoms with E-state index in [9.17, 15) is 8.78 Å². The molecule has 0 aliphatic rings. The van der Waals surface area contributed by atoms with Gasteiger partial charge in [0.1, 0.15) is 29.0 Å². The van der Waals surface area contributed by atoms with Crippen molar-refractivity contribution in [2.24, 2.45) is 0 Å². The fourth-order valence-corrected chi connectivity index (χ4v) is 1.55. The Morgan fingerprint density at radius 1 is 1.11 bits per heavy atom. The van der Waals surface area contributed by atoms with Gasteiger partial charge in [0.15, 0.2) is 0 Å². The molecule has 100 valence electrons. The zero-order chi connectivity index (χ0) is 13.7. The normalized spacial score (nSPS) is 10.3. The van der Waals surface area contributed by atoms with Crippen molar-refractivity contribution < 1.29 is 13.5 Å². The Bertz CT molecular complexity index is 541. The maximum Gasteiger partial charge on any atom is 0.133 e. The van der Waals surface area contributed by atoms with Crippen molar-refractivity contribution in [2.75, 3.05) is 11.9 Å². The number of nitrogens with one attached hydrogen (secondary N) is 1. The monoisotopic (exact) mass is 264 g/mol. The number of aromatic nitrogens is 1. The van der Waals surface area contributed by atoms with Crippen molar-refractivity contribution in [3.8, 4) is 11.5 Å². The maximum atomic E-state index is 13.0. The molecule has 1 N–H and O–H groups in total. The van der Waals surface area contributed by atoms with Gasteiger partial charge in [-0.3, -0.25) is 0 Å². The Balaban J connectivity index is 2.13. The zero-order valence-electron chi connectivity index (χ0n) is 10.5. The summed E-state index contributed by atoms with van der Waals surface area (Å²) in [7, 11) is 0. The molecule has 0 radical (unpaired) electrons. The molecule has 19 heavy (non-hydrogen) atoms. The minimum Gasteiger partial charge on any atom is -0.457 e. The van der Waals surface area contributed by atoms with Crippen LogP contribution in [0.5, 0.6) is 11.5 Å². The average Bonchev–Trinajstić information content (AvgIpc) is 2.35. The highest BCUT2D eigenvalue weighted by Gasteiger charge is 2.04. The van der Waals surface area contributed by atoms with Crippen molar-refractivity contribution in [3.05, 3.63) is 48.2 Å². The molecular weight excluding hydrogens is 250 g/mol. The van der Waals surface area contributed by atoms with E-state index in [1.165, 1.54) is 0 Å². The van der Waals surface area contributed by atoms with E-state index in [4.69, 9.17) is 4.74 Å². The Morgan fingerprint density at radius 2 is 1.84 bits per heavy atom. The first-order valence-corrected chi connectivity index (χ1v) is 6.01. The summed E-state index contributed by atoms with van der Waals surface area (Å²) in [4.78, 5) is 4.11. The van der Waals surface area contributed by atoms with E-state index in [2.05, 4.69) is 10.3 Å². The van der Waals surface area contributed by atoms with E-state index >= 15 is 0 Å². The molecule has 0 aliphatic carbocycles. The molecule has 5 heteroatoms. The van der Waals surface area contributed by atoms with Crippen LogP contribution in [0.3, 0.4) is 0 Å². The molecule has 0 aliphatic heterocycles. The number of hydrogen-bond acceptors (Lipinski definition) is 3. The van der Waals surface area contributed by atoms with E-state index < -0.39 is 11.6 Å². The molecule has 0 saturated heterocycles. The smallest absolute Gasteiger partial charge is 0.133 e. The van der Waals surface area contributed by atoms with Crippen LogP contribution in [0.1, 0.15) is 13.3 Å². The van der Waals surface area contributed by atoms with Gasteiger partial charge in [-0.2, -0.15) is 0 Å². The molecule has 1 aromatic carbocycles. The Hall–Kier alpha value is -2.17. The molecule has 2 rings (SSSR count). The molecule has 2 aromatic rings. The van der Waals surface area contributed by atoms with Crippen LogP contribution in [0.4, 0.5) is 14.6 Å². The van der Waals surface area contributed by atoms with Gasteiger partial charge in [-0.05, 0) is 12.5 Å². The number of hydrogen-bond donors (Lipinski definition) is 1. The highest BCUT2D eigenvalue weighted by Crippen LogP contribution is 2.24. The van der Waals surface area contributed by atoms with Gasteiger partial charge in [0.2, 0.25) is 0 Å². The van der Waals surface area contributed by atoms with Crippen LogP contribution < -0.4 is 10.1 Å². The minimum absolute atomic E-state index is 0.116. The van der Waals surface area contributed by atoms with Gasteiger partial charge in [0, 0.05) is 37.0 Å². The Morgan fingerprint density at radius 3 is 2.53 bits per heavy atom. The number of benzene rings is 1. The van der Waals surface area contributed by atoms with Gasteiger partial charge in [-0.25, -0.2) is 13.8 Å². The first kappa shape index (κ1) is 13.3. The van der Waals surface area contributed by atoms with Crippen molar-refractivity contribution >= 4 is 5.82 Å². The highest BCUT2D eigenvalue weighted by atomic mass is 19.1. The van der Waals surface area contributed by atoms with E-state index in [-0.39, 0.29) is 5.75 Å². The predicted molar refractivity (Wildman–Crippen MR) is 69.4 cm³/mol. The van der Waals surface area contributed by atoms with Crippen LogP contribution in [-0.2, 0) is 0 Å². The summed E-state index contributed by atoms with van der Waals surface area (Å²) in [6.07, 6.45) is 2.55. The third-order valence-corrected chi connectivity index (χ3v) is 2.36. The molecule has 0 bridgehead atoms. The summed E-state index contributed by atoms with van der Waals surface area (Å²) in [5.74, 6) is -0.0956. The number of halogens is 2. The molecule has 0 atom stereocenters. The fraction of sp³-hybridized carbons (Fsp3) is 0.214. The summed E-state index contributed by atoms with van der Waals surface area (Å²) in [5, 5.41) is 3.10. The van der Waals surface area contributed by atoms with E-state index in [1.54, 1.807) is 18.3 Å². The lowest BCUT2D eigenvalue weighted by Gasteiger charge is -2.08. The van der Waals surface area contributed by atoms with E-state index in [1.807, 2.05) is 6.92 Å². The number of anilines is 1. The van der Waals surface area contributed by atoms with E-state index in [0.29, 0.717) is 11.6 Å². The standard InChI is InChI=1S/C14H14F2N2O/c1-2-4-17-14-9-12(3-5-18-14)19-13-7-10(15)6-11(16)8-13/h3,5-9H,2,4H2,1H3,(H,17,18). The maximum absolute atomic E-state index is 13.0. The largest absolute Gasteiger partial charge is 0.457 e. The molecule has 0 spiro atoms. The molecule has 1 aromatic heterocycles. The summed E-state index contributed by atoms with van der Waals surface area (Å²) in [5.41, 5.74) is 0. The van der Waals surface area contributed by atoms with Crippen LogP contribution in [0.15, 0.2) is 36.5 Å². The van der Waals surface area contributed by atoms with Crippen LogP contribution in [0, 0.1) is 11.6 Å². The number of pyridine rings is 1. The molecule has 0 saturated carbocycles. The lowest BCUT2D eigenvalue weighted by Crippen LogP contribution is -2.01. The van der Waals surface area contributed by atoms with Gasteiger partial charge in [-0.1, -0.05) is 6.92 Å². The third-order valence-electron chi connectivity index (χ3n) is 2.36. The van der Waals surface area contributed by atoms with Crippen LogP contribution >= 0.6 is 0 Å². The third kappa shape index (κ3) is 3.91. The van der Waals surface area contributed by atoms with Gasteiger partial charge >= 0.3 is 0 Å². The lowest BCUT2D eigenvalue weighted by atomic mass is 10.3. The second kappa shape index (κ2) is 6.13. The molecule has 0 unspecified atom stereocenters. The topological polar surface area (TPSA) is 34.1 Å². The number of ether oxygens (including phenoxy) is 1. The van der Waals surface area contributed by atoms with Gasteiger partial charge < -0.3 is 10.1 Å². The SMILES string of the molecule is CCCNc1cc(Oc2cc(F)cc(F)c2)ccn1. The van der Waals surface area contributed by atoms with E-state index in [0.717, 1.165) is 31.2 Å². The van der Waals surface area contributed by atoms with Crippen molar-refractivity contribution in [3.63, 3.8) is 0 Å². The summed E-state index contributed by atoms with van der Waals surface area (Å²) in [6.45, 7) is 2.84. The van der Waals surface area contributed by atoms with Crippen molar-refractivity contribution in [2.45, 2.75) is 13.3 Å². The second-order valence-corrected chi connectivity index (χ2v) is 4.01. The lowest BCUT2D eigenvalue weighted by molar-refractivity contribution is 0.468. The van der Waals surface area contributed by atoms with Gasteiger partial charge in [0.25, 0.3) is 0 Å². The van der Waals surface area contributed by atoms with Crippen LogP contribution in [0.25, 0.3) is 0 Å². The van der Waals surface area contributed by atoms with Gasteiger partial charge in [-0.15, -0.1) is 0 Å². The van der Waals surface area contributed by atoms with Crippen molar-refractivity contribution in [1.82, 2.24) is 4.98 Å². The second-order valence-electron chi connectivity index (χ2n) is 4.01. The Kier molecular flexibility index (Phi) is 4.28. The molecular formula is C14H14F2N2O. The zero-order valence-corrected chi connectivity index (χ0v) is 10.5. The minimum atomic E-state index is -0.673. The molecule has 3 nitrogen and oxygen atoms in total. The van der Waals surface area contributed by atoms with Gasteiger partial charge in [0.05, 0.1) is 0 Å². The number of nitrogens with zero attached hydrogens (tertiary/aromatic N) is 1. The summed E-state index contributed by atoms with van der Waals surface area (Å²) in [6, 6.07) is 6.36. The van der Waals surface area contributed by atoms with Crippen molar-refractivity contribution in [1.29, 1.82) is 0 Å². The predicted octanol–water partition coefficient (Wildman–Crippen LogP) is 3.97. The highest BCUT2D eigenvalue weighted by molar-refractivity contribution is 5.42. The average molecular weight is 264 g/mol. The molecule has 0 amide bonds. The summed E-state index contributed by atoms with van der Waals surface area (Å²) >= 11 is 0. The van der Waals surface area contributed by atoms with Crippen LogP contribution in [-0.4, -0.2) is 11.5 Å². The molecule has 1 heterocycles. The fourth-order valence-electron chi connectivity index (χ4n) is 1.55. The first-order valence-electron chi connectivity index (χ1n) is 6.01.